The molecule has 3 aromatic rings. The maximum atomic E-state index is 13.0. The van der Waals surface area contributed by atoms with Crippen LogP contribution in [-0.2, 0) is 6.18 Å². The summed E-state index contributed by atoms with van der Waals surface area (Å²) in [6.07, 6.45) is -4.45. The number of nitrogens with zero attached hydrogens (tertiary/aromatic N) is 2. The number of halogens is 4. The zero-order valence-electron chi connectivity index (χ0n) is 15.0. The Labute approximate surface area is 164 Å². The predicted octanol–water partition coefficient (Wildman–Crippen LogP) is 5.69. The maximum absolute atomic E-state index is 13.0. The number of benzene rings is 2. The molecule has 4 nitrogen and oxygen atoms in total. The van der Waals surface area contributed by atoms with Gasteiger partial charge in [0.05, 0.1) is 22.9 Å². The van der Waals surface area contributed by atoms with E-state index >= 15 is 0 Å². The average Bonchev–Trinajstić information content (AvgIpc) is 3.00. The quantitative estimate of drug-likeness (QED) is 0.521. The summed E-state index contributed by atoms with van der Waals surface area (Å²) >= 11 is 5.89. The van der Waals surface area contributed by atoms with Crippen LogP contribution in [0.25, 0.3) is 0 Å². The molecule has 1 heterocycles. The Morgan fingerprint density at radius 2 is 1.86 bits per heavy atom. The summed E-state index contributed by atoms with van der Waals surface area (Å²) in [5.41, 5.74) is 0.452. The van der Waals surface area contributed by atoms with Crippen molar-refractivity contribution in [2.24, 2.45) is 0 Å². The van der Waals surface area contributed by atoms with Crippen LogP contribution in [0.3, 0.4) is 0 Å². The minimum absolute atomic E-state index is 0.132. The largest absolute Gasteiger partial charge is 0.416 e. The van der Waals surface area contributed by atoms with Gasteiger partial charge in [0.25, 0.3) is 0 Å². The molecule has 28 heavy (non-hydrogen) atoms. The molecule has 0 N–H and O–H groups in total. The number of hydrogen-bond acceptors (Lipinski definition) is 3. The van der Waals surface area contributed by atoms with Gasteiger partial charge in [-0.2, -0.15) is 18.3 Å². The number of aryl methyl sites for hydroxylation is 1. The van der Waals surface area contributed by atoms with E-state index in [1.165, 1.54) is 16.8 Å². The van der Waals surface area contributed by atoms with Gasteiger partial charge in [-0.1, -0.05) is 29.8 Å². The fourth-order valence-corrected chi connectivity index (χ4v) is 2.92. The van der Waals surface area contributed by atoms with E-state index in [2.05, 4.69) is 5.10 Å². The number of aromatic nitrogens is 2. The van der Waals surface area contributed by atoms with E-state index in [-0.39, 0.29) is 11.4 Å². The lowest BCUT2D eigenvalue weighted by atomic mass is 10.1. The lowest BCUT2D eigenvalue weighted by Gasteiger charge is -2.17. The maximum Gasteiger partial charge on any atom is 0.416 e. The van der Waals surface area contributed by atoms with Gasteiger partial charge >= 0.3 is 12.1 Å². The Morgan fingerprint density at radius 3 is 2.54 bits per heavy atom. The number of hydrogen-bond donors (Lipinski definition) is 0. The number of carbonyl (C=O) groups is 1. The molecule has 146 valence electrons. The molecule has 8 heteroatoms. The van der Waals surface area contributed by atoms with E-state index in [0.29, 0.717) is 16.3 Å². The second kappa shape index (κ2) is 7.67. The molecule has 1 aromatic heterocycles. The lowest BCUT2D eigenvalue weighted by molar-refractivity contribution is -0.137. The van der Waals surface area contributed by atoms with Gasteiger partial charge in [-0.3, -0.25) is 0 Å². The van der Waals surface area contributed by atoms with Crippen molar-refractivity contribution in [1.29, 1.82) is 0 Å². The summed E-state index contributed by atoms with van der Waals surface area (Å²) in [5.74, 6) is -0.507. The van der Waals surface area contributed by atoms with Gasteiger partial charge in [0.15, 0.2) is 0 Å². The topological polar surface area (TPSA) is 44.1 Å². The van der Waals surface area contributed by atoms with Crippen molar-refractivity contribution in [3.63, 3.8) is 0 Å². The minimum Gasteiger partial charge on any atom is -0.404 e. The molecule has 0 aliphatic rings. The van der Waals surface area contributed by atoms with Crippen LogP contribution in [0.5, 0.6) is 5.88 Å². The second-order valence-electron chi connectivity index (χ2n) is 6.27. The first-order valence-electron chi connectivity index (χ1n) is 8.36. The highest BCUT2D eigenvalue weighted by Crippen LogP contribution is 2.32. The zero-order valence-corrected chi connectivity index (χ0v) is 15.8. The molecular weight excluding hydrogens is 393 g/mol. The van der Waals surface area contributed by atoms with Crippen LogP contribution in [0.15, 0.2) is 54.6 Å². The molecule has 0 aliphatic heterocycles. The summed E-state index contributed by atoms with van der Waals surface area (Å²) in [7, 11) is 0. The van der Waals surface area contributed by atoms with Crippen LogP contribution in [0.2, 0.25) is 5.02 Å². The van der Waals surface area contributed by atoms with Crippen molar-refractivity contribution < 1.29 is 22.7 Å². The average molecular weight is 409 g/mol. The number of alkyl halides is 3. The van der Waals surface area contributed by atoms with Gasteiger partial charge in [0, 0.05) is 11.1 Å². The van der Waals surface area contributed by atoms with Crippen LogP contribution >= 0.6 is 11.6 Å². The predicted molar refractivity (Wildman–Crippen MR) is 98.6 cm³/mol. The van der Waals surface area contributed by atoms with E-state index in [9.17, 15) is 18.0 Å². The third-order valence-electron chi connectivity index (χ3n) is 4.14. The smallest absolute Gasteiger partial charge is 0.404 e. The van der Waals surface area contributed by atoms with Gasteiger partial charge in [-0.05, 0) is 49.7 Å². The number of rotatable bonds is 4. The van der Waals surface area contributed by atoms with Crippen molar-refractivity contribution in [3.8, 4) is 5.88 Å². The normalized spacial score (nSPS) is 12.6. The van der Waals surface area contributed by atoms with Gasteiger partial charge in [0.2, 0.25) is 5.88 Å². The SMILES string of the molecule is Cc1cc(OC(=O)c2cccc(Cl)c2)n(C(C)c2cccc(C(F)(F)F)c2)n1. The third-order valence-corrected chi connectivity index (χ3v) is 4.38. The summed E-state index contributed by atoms with van der Waals surface area (Å²) in [5, 5.41) is 4.66. The highest BCUT2D eigenvalue weighted by atomic mass is 35.5. The van der Waals surface area contributed by atoms with E-state index in [1.54, 1.807) is 44.2 Å². The minimum atomic E-state index is -4.45. The molecule has 3 rings (SSSR count). The molecule has 0 radical (unpaired) electrons. The standard InChI is InChI=1S/C20H16ClF3N2O2/c1-12-9-18(28-19(27)15-6-4-8-17(21)11-15)26(25-12)13(2)14-5-3-7-16(10-14)20(22,23)24/h3-11,13H,1-2H3. The molecule has 0 saturated heterocycles. The summed E-state index contributed by atoms with van der Waals surface area (Å²) in [6.45, 7) is 3.38. The highest BCUT2D eigenvalue weighted by Gasteiger charge is 2.31. The van der Waals surface area contributed by atoms with Crippen molar-refractivity contribution in [2.45, 2.75) is 26.1 Å². The Morgan fingerprint density at radius 1 is 1.14 bits per heavy atom. The molecule has 2 aromatic carbocycles. The van der Waals surface area contributed by atoms with Gasteiger partial charge in [-0.15, -0.1) is 0 Å². The van der Waals surface area contributed by atoms with E-state index < -0.39 is 23.8 Å². The van der Waals surface area contributed by atoms with Crippen LogP contribution in [-0.4, -0.2) is 15.7 Å². The summed E-state index contributed by atoms with van der Waals surface area (Å²) < 4.78 is 45.8. The summed E-state index contributed by atoms with van der Waals surface area (Å²) in [6, 6.07) is 12.2. The zero-order chi connectivity index (χ0) is 20.5. The first kappa shape index (κ1) is 19.9. The fourth-order valence-electron chi connectivity index (χ4n) is 2.73. The molecule has 1 atom stereocenters. The molecule has 0 fully saturated rings. The fraction of sp³-hybridized carbons (Fsp3) is 0.200. The molecule has 0 aliphatic carbocycles. The van der Waals surface area contributed by atoms with Crippen molar-refractivity contribution >= 4 is 17.6 Å². The molecular formula is C20H16ClF3N2O2. The monoisotopic (exact) mass is 408 g/mol. The number of esters is 1. The first-order chi connectivity index (χ1) is 13.1. The van der Waals surface area contributed by atoms with Crippen LogP contribution in [0, 0.1) is 6.92 Å². The Balaban J connectivity index is 1.91. The second-order valence-corrected chi connectivity index (χ2v) is 6.70. The molecule has 0 spiro atoms. The lowest BCUT2D eigenvalue weighted by Crippen LogP contribution is -2.16. The van der Waals surface area contributed by atoms with E-state index in [1.807, 2.05) is 0 Å². The Bertz CT molecular complexity index is 1010. The van der Waals surface area contributed by atoms with E-state index in [0.717, 1.165) is 12.1 Å². The van der Waals surface area contributed by atoms with Gasteiger partial charge in [0.1, 0.15) is 0 Å². The van der Waals surface area contributed by atoms with Crippen LogP contribution < -0.4 is 4.74 Å². The van der Waals surface area contributed by atoms with Crippen molar-refractivity contribution in [2.75, 3.05) is 0 Å². The van der Waals surface area contributed by atoms with Gasteiger partial charge < -0.3 is 4.74 Å². The van der Waals surface area contributed by atoms with Crippen LogP contribution in [0.1, 0.15) is 40.1 Å². The van der Waals surface area contributed by atoms with Crippen LogP contribution in [0.4, 0.5) is 13.2 Å². The molecule has 1 unspecified atom stereocenters. The number of ether oxygens (including phenoxy) is 1. The van der Waals surface area contributed by atoms with Crippen molar-refractivity contribution in [3.05, 3.63) is 82.0 Å². The Kier molecular flexibility index (Phi) is 5.47. The number of carbonyl (C=O) groups excluding carboxylic acids is 1. The summed E-state index contributed by atoms with van der Waals surface area (Å²) in [4.78, 5) is 12.4. The van der Waals surface area contributed by atoms with Gasteiger partial charge in [-0.25, -0.2) is 9.48 Å². The molecule has 0 saturated carbocycles. The molecule has 0 amide bonds. The Hall–Kier alpha value is -2.80. The first-order valence-corrected chi connectivity index (χ1v) is 8.74. The van der Waals surface area contributed by atoms with Crippen molar-refractivity contribution in [1.82, 2.24) is 9.78 Å². The highest BCUT2D eigenvalue weighted by molar-refractivity contribution is 6.30. The molecule has 0 bridgehead atoms. The van der Waals surface area contributed by atoms with E-state index in [4.69, 9.17) is 16.3 Å². The third kappa shape index (κ3) is 4.36.